The van der Waals surface area contributed by atoms with Crippen LogP contribution >= 0.6 is 22.7 Å². The molecule has 0 aliphatic carbocycles. The molecule has 12 nitrogen and oxygen atoms in total. The first-order valence-corrected chi connectivity index (χ1v) is 18.7. The third-order valence-electron chi connectivity index (χ3n) is 8.12. The second-order valence-corrected chi connectivity index (χ2v) is 15.0. The van der Waals surface area contributed by atoms with Gasteiger partial charge < -0.3 is 26.0 Å². The van der Waals surface area contributed by atoms with Gasteiger partial charge in [-0.15, -0.1) is 22.7 Å². The Balaban J connectivity index is 1.45. The van der Waals surface area contributed by atoms with Crippen molar-refractivity contribution in [3.05, 3.63) is 104 Å². The number of hydrogen-bond acceptors (Lipinski definition) is 10. The van der Waals surface area contributed by atoms with Crippen molar-refractivity contribution in [2.75, 3.05) is 7.05 Å². The third kappa shape index (κ3) is 13.0. The molecule has 4 aromatic rings. The van der Waals surface area contributed by atoms with Crippen LogP contribution in [-0.4, -0.2) is 69.3 Å². The summed E-state index contributed by atoms with van der Waals surface area (Å²) in [6, 6.07) is 16.5. The first-order valence-electron chi connectivity index (χ1n) is 17.0. The molecule has 4 N–H and O–H groups in total. The Bertz CT molecular complexity index is 1640. The lowest BCUT2D eigenvalue weighted by Crippen LogP contribution is -2.55. The zero-order valence-corrected chi connectivity index (χ0v) is 31.3. The fourth-order valence-corrected chi connectivity index (χ4v) is 6.69. The Labute approximate surface area is 307 Å². The fourth-order valence-electron chi connectivity index (χ4n) is 5.37. The molecule has 0 saturated heterocycles. The van der Waals surface area contributed by atoms with E-state index in [1.807, 2.05) is 79.9 Å². The monoisotopic (exact) mass is 736 g/mol. The Hall–Kier alpha value is -4.37. The molecule has 2 aromatic heterocycles. The number of carbonyl (C=O) groups excluding carboxylic acids is 3. The minimum absolute atomic E-state index is 0.0441. The molecule has 0 radical (unpaired) electrons. The lowest BCUT2D eigenvalue weighted by atomic mass is 9.93. The van der Waals surface area contributed by atoms with Crippen molar-refractivity contribution in [1.29, 1.82) is 0 Å². The second kappa shape index (κ2) is 19.9. The molecule has 4 atom stereocenters. The Morgan fingerprint density at radius 3 is 2.16 bits per heavy atom. The van der Waals surface area contributed by atoms with Crippen molar-refractivity contribution >= 4 is 40.7 Å². The van der Waals surface area contributed by atoms with E-state index in [-0.39, 0.29) is 24.9 Å². The summed E-state index contributed by atoms with van der Waals surface area (Å²) in [5.74, 6) is -0.311. The highest BCUT2D eigenvalue weighted by Crippen LogP contribution is 2.20. The fraction of sp³-hybridized carbons (Fsp3) is 0.432. The molecule has 4 amide bonds. The van der Waals surface area contributed by atoms with Crippen LogP contribution in [0.4, 0.5) is 9.59 Å². The maximum absolute atomic E-state index is 13.9. The summed E-state index contributed by atoms with van der Waals surface area (Å²) in [4.78, 5) is 60.9. The summed E-state index contributed by atoms with van der Waals surface area (Å²) in [6.45, 7) is 8.23. The first-order chi connectivity index (χ1) is 24.5. The van der Waals surface area contributed by atoms with Crippen LogP contribution in [0.5, 0.6) is 0 Å². The molecule has 2 aromatic carbocycles. The minimum Gasteiger partial charge on any atom is -0.391 e. The summed E-state index contributed by atoms with van der Waals surface area (Å²) < 4.78 is 0. The molecule has 0 unspecified atom stereocenters. The summed E-state index contributed by atoms with van der Waals surface area (Å²) >= 11 is 2.93. The number of hydrogen-bond donors (Lipinski definition) is 4. The van der Waals surface area contributed by atoms with E-state index in [1.54, 1.807) is 30.1 Å². The molecule has 4 rings (SSSR count). The summed E-state index contributed by atoms with van der Waals surface area (Å²) in [5, 5.41) is 23.3. The van der Waals surface area contributed by atoms with Crippen LogP contribution in [0.25, 0.3) is 0 Å². The summed E-state index contributed by atoms with van der Waals surface area (Å²) in [5.41, 5.74) is 4.28. The van der Waals surface area contributed by atoms with Gasteiger partial charge in [0.2, 0.25) is 5.91 Å². The third-order valence-corrected chi connectivity index (χ3v) is 10.1. The van der Waals surface area contributed by atoms with E-state index < -0.39 is 36.4 Å². The van der Waals surface area contributed by atoms with Gasteiger partial charge in [-0.25, -0.2) is 14.6 Å². The number of nitrogens with zero attached hydrogens (tertiary/aromatic N) is 3. The molecule has 14 heteroatoms. The van der Waals surface area contributed by atoms with Crippen LogP contribution < -0.4 is 16.0 Å². The van der Waals surface area contributed by atoms with E-state index in [1.165, 1.54) is 16.2 Å². The lowest BCUT2D eigenvalue weighted by molar-refractivity contribution is -0.248. The highest BCUT2D eigenvalue weighted by atomic mass is 32.1. The highest BCUT2D eigenvalue weighted by Gasteiger charge is 2.31. The van der Waals surface area contributed by atoms with E-state index in [0.29, 0.717) is 25.3 Å². The highest BCUT2D eigenvalue weighted by molar-refractivity contribution is 7.09. The van der Waals surface area contributed by atoms with Gasteiger partial charge in [-0.2, -0.15) is 4.89 Å². The number of aliphatic hydroxyl groups is 1. The van der Waals surface area contributed by atoms with Crippen LogP contribution in [0.2, 0.25) is 0 Å². The van der Waals surface area contributed by atoms with Crippen molar-refractivity contribution in [3.8, 4) is 0 Å². The van der Waals surface area contributed by atoms with Crippen molar-refractivity contribution in [3.63, 3.8) is 0 Å². The molecule has 0 fully saturated rings. The van der Waals surface area contributed by atoms with Crippen LogP contribution in [-0.2, 0) is 40.6 Å². The van der Waals surface area contributed by atoms with Gasteiger partial charge in [-0.05, 0) is 36.3 Å². The molecular formula is C37H48N6O6S2. The van der Waals surface area contributed by atoms with Gasteiger partial charge in [0, 0.05) is 30.6 Å². The van der Waals surface area contributed by atoms with Gasteiger partial charge in [0.25, 0.3) is 0 Å². The SMILES string of the molecule is CC(C)c1nc(CN(C)C(=O)N[C@H](C(=O)N[C@@H](Cc2ccccc2)C[C@H](O)[C@H](Cc2ccccc2)NC(=O)OOCc2cncs2)C(C)C)cs1. The van der Waals surface area contributed by atoms with Gasteiger partial charge >= 0.3 is 12.1 Å². The maximum atomic E-state index is 13.9. The molecule has 0 aliphatic heterocycles. The summed E-state index contributed by atoms with van der Waals surface area (Å²) in [6.07, 6.45) is 0.471. The smallest absolute Gasteiger partial charge is 0.391 e. The standard InChI is InChI=1S/C37H48N6O6S2/c1-24(2)33(42-36(46)43(5)20-29-22-50-35(40-29)25(3)4)34(45)39-28(16-26-12-8-6-9-13-26)18-32(44)31(17-27-14-10-7-11-15-27)41-37(47)49-48-21-30-19-38-23-51-30/h6-15,19,22-25,28,31-33,44H,16-18,20-21H2,1-5H3,(H,39,45)(H,41,47)(H,42,46)/t28-,31-,32-,33-/m0/s1. The van der Waals surface area contributed by atoms with E-state index in [2.05, 4.69) is 39.8 Å². The van der Waals surface area contributed by atoms with Gasteiger partial charge in [0.1, 0.15) is 12.6 Å². The lowest BCUT2D eigenvalue weighted by Gasteiger charge is -2.30. The van der Waals surface area contributed by atoms with Crippen molar-refractivity contribution in [2.24, 2.45) is 5.92 Å². The van der Waals surface area contributed by atoms with E-state index in [0.717, 1.165) is 26.7 Å². The Morgan fingerprint density at radius 2 is 1.57 bits per heavy atom. The number of aromatic nitrogens is 2. The number of urea groups is 1. The van der Waals surface area contributed by atoms with Gasteiger partial charge in [0.15, 0.2) is 0 Å². The number of amides is 4. The second-order valence-electron chi connectivity index (χ2n) is 13.1. The van der Waals surface area contributed by atoms with Crippen molar-refractivity contribution in [2.45, 2.75) is 90.3 Å². The van der Waals surface area contributed by atoms with Gasteiger partial charge in [-0.1, -0.05) is 88.4 Å². The number of benzene rings is 2. The molecule has 2 heterocycles. The van der Waals surface area contributed by atoms with E-state index >= 15 is 0 Å². The predicted octanol–water partition coefficient (Wildman–Crippen LogP) is 5.84. The quantitative estimate of drug-likeness (QED) is 0.0735. The largest absolute Gasteiger partial charge is 0.439 e. The van der Waals surface area contributed by atoms with Crippen LogP contribution in [0.15, 0.2) is 77.8 Å². The molecule has 0 saturated carbocycles. The molecule has 0 bridgehead atoms. The molecular weight excluding hydrogens is 689 g/mol. The number of nitrogens with one attached hydrogen (secondary N) is 3. The maximum Gasteiger partial charge on any atom is 0.439 e. The van der Waals surface area contributed by atoms with Crippen LogP contribution in [0, 0.1) is 5.92 Å². The Kier molecular flexibility index (Phi) is 15.4. The number of aliphatic hydroxyl groups excluding tert-OH is 1. The molecule has 274 valence electrons. The molecule has 51 heavy (non-hydrogen) atoms. The topological polar surface area (TPSA) is 155 Å². The van der Waals surface area contributed by atoms with Crippen LogP contribution in [0.3, 0.4) is 0 Å². The Morgan fingerprint density at radius 1 is 0.902 bits per heavy atom. The zero-order valence-electron chi connectivity index (χ0n) is 29.7. The number of thiazole rings is 2. The van der Waals surface area contributed by atoms with E-state index in [4.69, 9.17) is 9.78 Å². The minimum atomic E-state index is -1.10. The molecule has 0 aliphatic rings. The molecule has 0 spiro atoms. The van der Waals surface area contributed by atoms with Crippen molar-refractivity contribution < 1.29 is 29.3 Å². The number of rotatable bonds is 18. The predicted molar refractivity (Wildman–Crippen MR) is 198 cm³/mol. The average molecular weight is 737 g/mol. The van der Waals surface area contributed by atoms with Gasteiger partial charge in [0.05, 0.1) is 39.8 Å². The van der Waals surface area contributed by atoms with Gasteiger partial charge in [-0.3, -0.25) is 14.7 Å². The van der Waals surface area contributed by atoms with Crippen molar-refractivity contribution in [1.82, 2.24) is 30.8 Å². The zero-order chi connectivity index (χ0) is 36.8. The number of carbonyl (C=O) groups is 3. The summed E-state index contributed by atoms with van der Waals surface area (Å²) in [7, 11) is 1.67. The average Bonchev–Trinajstić information content (AvgIpc) is 3.80. The van der Waals surface area contributed by atoms with E-state index in [9.17, 15) is 19.5 Å². The van der Waals surface area contributed by atoms with Crippen LogP contribution in [0.1, 0.15) is 66.7 Å². The normalized spacial score (nSPS) is 13.6. The first kappa shape index (κ1) is 39.4.